The lowest BCUT2D eigenvalue weighted by molar-refractivity contribution is 0.222. The summed E-state index contributed by atoms with van der Waals surface area (Å²) in [6.07, 6.45) is 0. The summed E-state index contributed by atoms with van der Waals surface area (Å²) in [4.78, 5) is 2.06. The number of hydrogen-bond donors (Lipinski definition) is 2. The second kappa shape index (κ2) is 4.45. The molecule has 2 heterocycles. The van der Waals surface area contributed by atoms with Crippen LogP contribution in [0.15, 0.2) is 9.59 Å². The van der Waals surface area contributed by atoms with E-state index in [0.29, 0.717) is 26.2 Å². The standard InChI is InChI=1S/C9H15N3O3S2/c1-11-2-4-12(5-3-11)17(14,15)9-8(13)7(10)6-16-9/h6,13H,2-5,10H2,1H3. The minimum atomic E-state index is -3.60. The molecule has 6 nitrogen and oxygen atoms in total. The molecule has 0 saturated carbocycles. The van der Waals surface area contributed by atoms with Gasteiger partial charge in [-0.1, -0.05) is 0 Å². The molecule has 1 fully saturated rings. The summed E-state index contributed by atoms with van der Waals surface area (Å²) in [5, 5.41) is 11.1. The van der Waals surface area contributed by atoms with Gasteiger partial charge in [0.1, 0.15) is 0 Å². The zero-order valence-electron chi connectivity index (χ0n) is 9.46. The Balaban J connectivity index is 2.28. The molecule has 1 aliphatic heterocycles. The maximum Gasteiger partial charge on any atom is 0.256 e. The van der Waals surface area contributed by atoms with Crippen LogP contribution in [-0.4, -0.2) is 56.0 Å². The zero-order chi connectivity index (χ0) is 12.6. The van der Waals surface area contributed by atoms with Crippen LogP contribution in [0.2, 0.25) is 0 Å². The van der Waals surface area contributed by atoms with Crippen molar-refractivity contribution in [3.8, 4) is 5.75 Å². The van der Waals surface area contributed by atoms with E-state index in [4.69, 9.17) is 5.73 Å². The third-order valence-electron chi connectivity index (χ3n) is 2.80. The Hall–Kier alpha value is -0.830. The van der Waals surface area contributed by atoms with Gasteiger partial charge in [0.05, 0.1) is 5.69 Å². The summed E-state index contributed by atoms with van der Waals surface area (Å²) >= 11 is 0.959. The Bertz CT molecular complexity index is 504. The molecular weight excluding hydrogens is 262 g/mol. The van der Waals surface area contributed by atoms with Crippen LogP contribution in [-0.2, 0) is 10.0 Å². The molecule has 8 heteroatoms. The van der Waals surface area contributed by atoms with Gasteiger partial charge in [-0.15, -0.1) is 11.3 Å². The molecule has 1 saturated heterocycles. The van der Waals surface area contributed by atoms with Gasteiger partial charge in [-0.05, 0) is 7.05 Å². The zero-order valence-corrected chi connectivity index (χ0v) is 11.1. The van der Waals surface area contributed by atoms with Crippen LogP contribution in [0.1, 0.15) is 0 Å². The van der Waals surface area contributed by atoms with Crippen LogP contribution in [0.3, 0.4) is 0 Å². The number of sulfonamides is 1. The molecule has 0 bridgehead atoms. The van der Waals surface area contributed by atoms with E-state index in [-0.39, 0.29) is 15.6 Å². The van der Waals surface area contributed by atoms with Gasteiger partial charge in [0.25, 0.3) is 10.0 Å². The Kier molecular flexibility index (Phi) is 3.30. The largest absolute Gasteiger partial charge is 0.504 e. The Morgan fingerprint density at radius 1 is 1.35 bits per heavy atom. The molecule has 1 aromatic heterocycles. The summed E-state index contributed by atoms with van der Waals surface area (Å²) in [6.45, 7) is 2.27. The van der Waals surface area contributed by atoms with Crippen LogP contribution < -0.4 is 5.73 Å². The lowest BCUT2D eigenvalue weighted by Gasteiger charge is -2.31. The molecule has 96 valence electrons. The second-order valence-corrected chi connectivity index (χ2v) is 7.05. The van der Waals surface area contributed by atoms with Gasteiger partial charge in [-0.3, -0.25) is 0 Å². The van der Waals surface area contributed by atoms with Gasteiger partial charge in [0, 0.05) is 31.6 Å². The normalized spacial score (nSPS) is 19.6. The van der Waals surface area contributed by atoms with Gasteiger partial charge in [0.2, 0.25) is 0 Å². The lowest BCUT2D eigenvalue weighted by atomic mass is 10.4. The van der Waals surface area contributed by atoms with Crippen LogP contribution in [0.4, 0.5) is 5.69 Å². The first-order valence-corrected chi connectivity index (χ1v) is 7.49. The minimum absolute atomic E-state index is 0.0560. The number of hydrogen-bond acceptors (Lipinski definition) is 6. The summed E-state index contributed by atoms with van der Waals surface area (Å²) < 4.78 is 25.8. The fraction of sp³-hybridized carbons (Fsp3) is 0.556. The van der Waals surface area contributed by atoms with Crippen molar-refractivity contribution in [2.75, 3.05) is 39.0 Å². The number of piperazine rings is 1. The first-order valence-electron chi connectivity index (χ1n) is 5.17. The van der Waals surface area contributed by atoms with Crippen molar-refractivity contribution in [2.24, 2.45) is 0 Å². The van der Waals surface area contributed by atoms with Crippen molar-refractivity contribution in [1.82, 2.24) is 9.21 Å². The predicted octanol–water partition coefficient (Wildman–Crippen LogP) is -0.0280. The maximum absolute atomic E-state index is 12.2. The van der Waals surface area contributed by atoms with E-state index in [1.54, 1.807) is 0 Å². The fourth-order valence-corrected chi connectivity index (χ4v) is 4.44. The summed E-state index contributed by atoms with van der Waals surface area (Å²) in [6, 6.07) is 0. The Morgan fingerprint density at radius 2 is 1.94 bits per heavy atom. The van der Waals surface area contributed by atoms with Gasteiger partial charge < -0.3 is 15.7 Å². The highest BCUT2D eigenvalue weighted by Gasteiger charge is 2.31. The van der Waals surface area contributed by atoms with Gasteiger partial charge >= 0.3 is 0 Å². The number of nitrogen functional groups attached to an aromatic ring is 1. The van der Waals surface area contributed by atoms with E-state index in [2.05, 4.69) is 4.90 Å². The van der Waals surface area contributed by atoms with Crippen molar-refractivity contribution in [3.05, 3.63) is 5.38 Å². The molecule has 0 atom stereocenters. The summed E-state index contributed by atoms with van der Waals surface area (Å²) in [5.74, 6) is -0.325. The lowest BCUT2D eigenvalue weighted by Crippen LogP contribution is -2.46. The number of aromatic hydroxyl groups is 1. The molecule has 1 aromatic rings. The SMILES string of the molecule is CN1CCN(S(=O)(=O)c2scc(N)c2O)CC1. The minimum Gasteiger partial charge on any atom is -0.504 e. The number of nitrogens with zero attached hydrogens (tertiary/aromatic N) is 2. The molecule has 0 radical (unpaired) electrons. The van der Waals surface area contributed by atoms with E-state index in [9.17, 15) is 13.5 Å². The highest BCUT2D eigenvalue weighted by molar-refractivity contribution is 7.91. The maximum atomic E-state index is 12.2. The fourth-order valence-electron chi connectivity index (χ4n) is 1.68. The monoisotopic (exact) mass is 277 g/mol. The van der Waals surface area contributed by atoms with Crippen molar-refractivity contribution in [1.29, 1.82) is 0 Å². The molecule has 0 amide bonds. The molecule has 2 rings (SSSR count). The number of thiophene rings is 1. The molecule has 0 aliphatic carbocycles. The molecule has 1 aliphatic rings. The van der Waals surface area contributed by atoms with Gasteiger partial charge in [-0.2, -0.15) is 4.31 Å². The molecule has 0 spiro atoms. The third kappa shape index (κ3) is 2.25. The second-order valence-electron chi connectivity index (χ2n) is 4.03. The molecule has 3 N–H and O–H groups in total. The topological polar surface area (TPSA) is 86.9 Å². The number of likely N-dealkylation sites (N-methyl/N-ethyl adjacent to an activating group) is 1. The van der Waals surface area contributed by atoms with E-state index < -0.39 is 10.0 Å². The van der Waals surface area contributed by atoms with E-state index >= 15 is 0 Å². The number of anilines is 1. The van der Waals surface area contributed by atoms with Crippen LogP contribution in [0.5, 0.6) is 5.75 Å². The predicted molar refractivity (Wildman–Crippen MR) is 66.7 cm³/mol. The van der Waals surface area contributed by atoms with E-state index in [0.717, 1.165) is 11.3 Å². The smallest absolute Gasteiger partial charge is 0.256 e. The van der Waals surface area contributed by atoms with Crippen molar-refractivity contribution < 1.29 is 13.5 Å². The average molecular weight is 277 g/mol. The van der Waals surface area contributed by atoms with Crippen molar-refractivity contribution in [2.45, 2.75) is 4.21 Å². The van der Waals surface area contributed by atoms with Crippen LogP contribution in [0, 0.1) is 0 Å². The molecule has 0 aromatic carbocycles. The average Bonchev–Trinajstić information content (AvgIpc) is 2.61. The number of nitrogens with two attached hydrogens (primary N) is 1. The Labute approximate surface area is 104 Å². The van der Waals surface area contributed by atoms with Crippen molar-refractivity contribution >= 4 is 27.0 Å². The molecule has 17 heavy (non-hydrogen) atoms. The van der Waals surface area contributed by atoms with Gasteiger partial charge in [0.15, 0.2) is 9.96 Å². The first kappa shape index (κ1) is 12.6. The highest BCUT2D eigenvalue weighted by atomic mass is 32.2. The van der Waals surface area contributed by atoms with Crippen molar-refractivity contribution in [3.63, 3.8) is 0 Å². The highest BCUT2D eigenvalue weighted by Crippen LogP contribution is 2.37. The molecular formula is C9H15N3O3S2. The van der Waals surface area contributed by atoms with E-state index in [1.165, 1.54) is 9.69 Å². The van der Waals surface area contributed by atoms with E-state index in [1.807, 2.05) is 7.05 Å². The summed E-state index contributed by atoms with van der Waals surface area (Å²) in [5.41, 5.74) is 5.57. The molecule has 0 unspecified atom stereocenters. The first-order chi connectivity index (χ1) is 7.93. The van der Waals surface area contributed by atoms with Crippen LogP contribution >= 0.6 is 11.3 Å². The third-order valence-corrected chi connectivity index (χ3v) is 6.20. The van der Waals surface area contributed by atoms with Gasteiger partial charge in [-0.25, -0.2) is 8.42 Å². The number of rotatable bonds is 2. The summed E-state index contributed by atoms with van der Waals surface area (Å²) in [7, 11) is -1.65. The van der Waals surface area contributed by atoms with Crippen LogP contribution in [0.25, 0.3) is 0 Å². The Morgan fingerprint density at radius 3 is 2.41 bits per heavy atom. The quantitative estimate of drug-likeness (QED) is 0.793.